The van der Waals surface area contributed by atoms with Gasteiger partial charge in [-0.1, -0.05) is 18.2 Å². The van der Waals surface area contributed by atoms with Crippen molar-refractivity contribution in [1.29, 1.82) is 0 Å². The zero-order valence-electron chi connectivity index (χ0n) is 12.7. The Morgan fingerprint density at radius 2 is 2.08 bits per heavy atom. The van der Waals surface area contributed by atoms with Crippen molar-refractivity contribution in [1.82, 2.24) is 9.55 Å². The zero-order valence-corrected chi connectivity index (χ0v) is 13.5. The lowest BCUT2D eigenvalue weighted by atomic mass is 10.2. The second kappa shape index (κ2) is 7.16. The van der Waals surface area contributed by atoms with Crippen LogP contribution in [0.5, 0.6) is 0 Å². The van der Waals surface area contributed by atoms with Crippen molar-refractivity contribution in [2.75, 3.05) is 11.9 Å². The predicted molar refractivity (Wildman–Crippen MR) is 91.0 cm³/mol. The molecule has 8 heteroatoms. The molecule has 0 saturated carbocycles. The SMILES string of the molecule is O=C(Nc1ccn(C2CC(O)C(CO)S2)c(=O)n1)c1ccccc1. The van der Waals surface area contributed by atoms with Gasteiger partial charge in [0.05, 0.1) is 23.3 Å². The van der Waals surface area contributed by atoms with E-state index < -0.39 is 11.8 Å². The van der Waals surface area contributed by atoms with Crippen molar-refractivity contribution < 1.29 is 15.0 Å². The second-order valence-corrected chi connectivity index (χ2v) is 6.86. The molecule has 7 nitrogen and oxygen atoms in total. The highest BCUT2D eigenvalue weighted by atomic mass is 32.2. The Hall–Kier alpha value is -2.16. The summed E-state index contributed by atoms with van der Waals surface area (Å²) in [5.74, 6) is -0.168. The maximum Gasteiger partial charge on any atom is 0.350 e. The molecule has 1 amide bonds. The highest BCUT2D eigenvalue weighted by molar-refractivity contribution is 8.00. The molecular formula is C16H17N3O4S. The van der Waals surface area contributed by atoms with E-state index in [4.69, 9.17) is 0 Å². The van der Waals surface area contributed by atoms with Crippen LogP contribution in [-0.2, 0) is 0 Å². The molecule has 0 bridgehead atoms. The number of nitrogens with one attached hydrogen (secondary N) is 1. The first-order valence-corrected chi connectivity index (χ1v) is 8.42. The number of hydrogen-bond donors (Lipinski definition) is 3. The van der Waals surface area contributed by atoms with E-state index in [0.29, 0.717) is 12.0 Å². The first-order valence-electron chi connectivity index (χ1n) is 7.48. The number of thioether (sulfide) groups is 1. The number of aliphatic hydroxyl groups excluding tert-OH is 2. The number of aliphatic hydroxyl groups is 2. The van der Waals surface area contributed by atoms with Gasteiger partial charge in [0.2, 0.25) is 0 Å². The topological polar surface area (TPSA) is 104 Å². The van der Waals surface area contributed by atoms with Crippen molar-refractivity contribution in [3.63, 3.8) is 0 Å². The molecule has 1 saturated heterocycles. The van der Waals surface area contributed by atoms with Crippen LogP contribution >= 0.6 is 11.8 Å². The Balaban J connectivity index is 1.74. The van der Waals surface area contributed by atoms with Crippen LogP contribution in [0.25, 0.3) is 0 Å². The number of benzene rings is 1. The fourth-order valence-electron chi connectivity index (χ4n) is 2.53. The Labute approximate surface area is 142 Å². The first-order chi connectivity index (χ1) is 11.6. The average molecular weight is 347 g/mol. The highest BCUT2D eigenvalue weighted by Gasteiger charge is 2.34. The lowest BCUT2D eigenvalue weighted by Crippen LogP contribution is -2.26. The second-order valence-electron chi connectivity index (χ2n) is 5.44. The minimum absolute atomic E-state index is 0.143. The summed E-state index contributed by atoms with van der Waals surface area (Å²) >= 11 is 1.34. The van der Waals surface area contributed by atoms with Crippen molar-refractivity contribution in [3.05, 3.63) is 58.6 Å². The van der Waals surface area contributed by atoms with Crippen LogP contribution in [-0.4, -0.2) is 43.6 Å². The third kappa shape index (κ3) is 3.50. The third-order valence-electron chi connectivity index (χ3n) is 3.80. The third-order valence-corrected chi connectivity index (χ3v) is 5.35. The molecule has 1 aromatic carbocycles. The molecule has 0 radical (unpaired) electrons. The van der Waals surface area contributed by atoms with E-state index in [0.717, 1.165) is 0 Å². The molecule has 3 N–H and O–H groups in total. The summed E-state index contributed by atoms with van der Waals surface area (Å²) < 4.78 is 1.40. The van der Waals surface area contributed by atoms with E-state index >= 15 is 0 Å². The van der Waals surface area contributed by atoms with E-state index in [1.165, 1.54) is 16.3 Å². The largest absolute Gasteiger partial charge is 0.395 e. The first kappa shape index (κ1) is 16.7. The Bertz CT molecular complexity index is 780. The summed E-state index contributed by atoms with van der Waals surface area (Å²) in [6.07, 6.45) is 1.25. The van der Waals surface area contributed by atoms with Gasteiger partial charge in [-0.25, -0.2) is 4.79 Å². The minimum atomic E-state index is -0.658. The van der Waals surface area contributed by atoms with Gasteiger partial charge >= 0.3 is 5.69 Å². The van der Waals surface area contributed by atoms with Crippen LogP contribution in [0.4, 0.5) is 5.82 Å². The summed E-state index contributed by atoms with van der Waals surface area (Å²) in [4.78, 5) is 28.1. The Morgan fingerprint density at radius 3 is 2.71 bits per heavy atom. The maximum atomic E-state index is 12.2. The van der Waals surface area contributed by atoms with Gasteiger partial charge in [0.25, 0.3) is 5.91 Å². The van der Waals surface area contributed by atoms with Crippen molar-refractivity contribution in [2.24, 2.45) is 0 Å². The Morgan fingerprint density at radius 1 is 1.33 bits per heavy atom. The summed E-state index contributed by atoms with van der Waals surface area (Å²) in [6, 6.07) is 10.2. The number of hydrogen-bond acceptors (Lipinski definition) is 6. The average Bonchev–Trinajstić information content (AvgIpc) is 2.96. The van der Waals surface area contributed by atoms with Crippen LogP contribution in [0.1, 0.15) is 22.2 Å². The maximum absolute atomic E-state index is 12.2. The summed E-state index contributed by atoms with van der Waals surface area (Å²) in [5, 5.41) is 21.0. The molecule has 2 heterocycles. The molecule has 0 spiro atoms. The molecule has 3 rings (SSSR count). The number of carbonyl (C=O) groups is 1. The summed E-state index contributed by atoms with van der Waals surface area (Å²) in [7, 11) is 0. The monoisotopic (exact) mass is 347 g/mol. The lowest BCUT2D eigenvalue weighted by Gasteiger charge is -2.13. The molecule has 1 aromatic heterocycles. The van der Waals surface area contributed by atoms with Crippen LogP contribution in [0, 0.1) is 0 Å². The smallest absolute Gasteiger partial charge is 0.350 e. The minimum Gasteiger partial charge on any atom is -0.395 e. The lowest BCUT2D eigenvalue weighted by molar-refractivity contribution is 0.102. The summed E-state index contributed by atoms with van der Waals surface area (Å²) in [6.45, 7) is -0.143. The molecule has 2 aromatic rings. The number of amides is 1. The fourth-order valence-corrected chi connectivity index (χ4v) is 3.91. The number of carbonyl (C=O) groups excluding carboxylic acids is 1. The summed E-state index contributed by atoms with van der Waals surface area (Å²) in [5.41, 5.74) is -0.0344. The molecule has 126 valence electrons. The normalized spacial score (nSPS) is 23.2. The fraction of sp³-hybridized carbons (Fsp3) is 0.312. The molecule has 0 aliphatic carbocycles. The van der Waals surface area contributed by atoms with Crippen LogP contribution < -0.4 is 11.0 Å². The van der Waals surface area contributed by atoms with Gasteiger partial charge < -0.3 is 15.5 Å². The number of rotatable bonds is 4. The van der Waals surface area contributed by atoms with Gasteiger partial charge in [0.15, 0.2) is 0 Å². The van der Waals surface area contributed by atoms with Gasteiger partial charge in [-0.05, 0) is 18.2 Å². The Kier molecular flexibility index (Phi) is 4.98. The molecule has 24 heavy (non-hydrogen) atoms. The van der Waals surface area contributed by atoms with E-state index in [9.17, 15) is 19.8 Å². The molecular weight excluding hydrogens is 330 g/mol. The van der Waals surface area contributed by atoms with E-state index in [1.54, 1.807) is 36.5 Å². The molecule has 1 aliphatic heterocycles. The number of nitrogens with zero attached hydrogens (tertiary/aromatic N) is 2. The van der Waals surface area contributed by atoms with Crippen molar-refractivity contribution >= 4 is 23.5 Å². The van der Waals surface area contributed by atoms with Gasteiger partial charge in [0, 0.05) is 18.2 Å². The molecule has 3 unspecified atom stereocenters. The van der Waals surface area contributed by atoms with Gasteiger partial charge in [0.1, 0.15) is 5.82 Å². The van der Waals surface area contributed by atoms with Crippen molar-refractivity contribution in [2.45, 2.75) is 23.1 Å². The van der Waals surface area contributed by atoms with E-state index in [-0.39, 0.29) is 29.0 Å². The zero-order chi connectivity index (χ0) is 17.1. The number of aromatic nitrogens is 2. The highest BCUT2D eigenvalue weighted by Crippen LogP contribution is 2.40. The molecule has 1 aliphatic rings. The van der Waals surface area contributed by atoms with E-state index in [2.05, 4.69) is 10.3 Å². The van der Waals surface area contributed by atoms with Gasteiger partial charge in [-0.15, -0.1) is 11.8 Å². The predicted octanol–water partition coefficient (Wildman–Crippen LogP) is 0.853. The van der Waals surface area contributed by atoms with Crippen LogP contribution in [0.3, 0.4) is 0 Å². The molecule has 3 atom stereocenters. The van der Waals surface area contributed by atoms with E-state index in [1.807, 2.05) is 6.07 Å². The van der Waals surface area contributed by atoms with Crippen molar-refractivity contribution in [3.8, 4) is 0 Å². The van der Waals surface area contributed by atoms with Crippen LogP contribution in [0.15, 0.2) is 47.4 Å². The van der Waals surface area contributed by atoms with Gasteiger partial charge in [-0.2, -0.15) is 4.98 Å². The van der Waals surface area contributed by atoms with Gasteiger partial charge in [-0.3, -0.25) is 9.36 Å². The quantitative estimate of drug-likeness (QED) is 0.757. The molecule has 1 fully saturated rings. The number of anilines is 1. The standard InChI is InChI=1S/C16H17N3O4S/c20-9-12-11(21)8-14(24-12)19-7-6-13(18-16(19)23)17-15(22)10-4-2-1-3-5-10/h1-7,11-12,14,20-21H,8-9H2,(H,17,18,22,23). The van der Waals surface area contributed by atoms with Crippen LogP contribution in [0.2, 0.25) is 0 Å².